The van der Waals surface area contributed by atoms with Crippen molar-refractivity contribution in [2.24, 2.45) is 0 Å². The van der Waals surface area contributed by atoms with Crippen LogP contribution in [-0.2, 0) is 6.42 Å². The van der Waals surface area contributed by atoms with Crippen molar-refractivity contribution in [2.45, 2.75) is 27.2 Å². The third-order valence-electron chi connectivity index (χ3n) is 4.95. The molecule has 2 aromatic heterocycles. The first kappa shape index (κ1) is 20.0. The minimum atomic E-state index is -0.404. The van der Waals surface area contributed by atoms with Gasteiger partial charge < -0.3 is 5.32 Å². The molecule has 30 heavy (non-hydrogen) atoms. The maximum absolute atomic E-state index is 13.4. The van der Waals surface area contributed by atoms with E-state index in [1.165, 1.54) is 12.1 Å². The second kappa shape index (κ2) is 7.84. The molecule has 0 atom stereocenters. The van der Waals surface area contributed by atoms with E-state index in [2.05, 4.69) is 20.6 Å². The van der Waals surface area contributed by atoms with Gasteiger partial charge in [0.15, 0.2) is 11.3 Å². The van der Waals surface area contributed by atoms with E-state index in [0.29, 0.717) is 28.5 Å². The zero-order chi connectivity index (χ0) is 21.4. The molecule has 0 unspecified atom stereocenters. The quantitative estimate of drug-likeness (QED) is 0.500. The first-order chi connectivity index (χ1) is 14.4. The topological polar surface area (TPSA) is 72.2 Å². The van der Waals surface area contributed by atoms with Gasteiger partial charge in [0.05, 0.1) is 17.0 Å². The number of amides is 1. The summed E-state index contributed by atoms with van der Waals surface area (Å²) in [6.45, 7) is 5.63. The van der Waals surface area contributed by atoms with Crippen LogP contribution in [0.5, 0.6) is 0 Å². The number of carbonyl (C=O) groups is 1. The number of aromatic nitrogens is 4. The van der Waals surface area contributed by atoms with Gasteiger partial charge in [-0.05, 0) is 55.7 Å². The third-order valence-corrected chi connectivity index (χ3v) is 5.36. The van der Waals surface area contributed by atoms with Crippen LogP contribution in [0.1, 0.15) is 34.4 Å². The summed E-state index contributed by atoms with van der Waals surface area (Å²) in [5.74, 6) is -0.718. The zero-order valence-corrected chi connectivity index (χ0v) is 17.5. The van der Waals surface area contributed by atoms with Crippen LogP contribution in [0.4, 0.5) is 10.1 Å². The Kier molecular flexibility index (Phi) is 5.22. The van der Waals surface area contributed by atoms with Gasteiger partial charge in [-0.2, -0.15) is 5.10 Å². The van der Waals surface area contributed by atoms with Crippen molar-refractivity contribution in [1.29, 1.82) is 0 Å². The molecule has 0 aliphatic rings. The molecule has 4 rings (SSSR count). The fraction of sp³-hybridized carbons (Fsp3) is 0.182. The molecule has 0 fully saturated rings. The summed E-state index contributed by atoms with van der Waals surface area (Å²) in [5, 5.41) is 16.4. The Morgan fingerprint density at radius 1 is 1.13 bits per heavy atom. The largest absolute Gasteiger partial charge is 0.320 e. The molecule has 0 bridgehead atoms. The number of hydrogen-bond donors (Lipinski definition) is 1. The molecule has 1 amide bonds. The number of carbonyl (C=O) groups excluding carboxylic acids is 1. The molecule has 0 saturated heterocycles. The van der Waals surface area contributed by atoms with Gasteiger partial charge in [0.25, 0.3) is 5.91 Å². The van der Waals surface area contributed by atoms with Gasteiger partial charge >= 0.3 is 0 Å². The van der Waals surface area contributed by atoms with Crippen LogP contribution < -0.4 is 5.32 Å². The van der Waals surface area contributed by atoms with Gasteiger partial charge in [0, 0.05) is 10.7 Å². The van der Waals surface area contributed by atoms with Gasteiger partial charge in [0.1, 0.15) is 5.82 Å². The predicted molar refractivity (Wildman–Crippen MR) is 114 cm³/mol. The Balaban J connectivity index is 1.76. The van der Waals surface area contributed by atoms with E-state index in [-0.39, 0.29) is 11.5 Å². The number of nitrogens with one attached hydrogen (secondary N) is 1. The highest BCUT2D eigenvalue weighted by atomic mass is 35.5. The smallest absolute Gasteiger partial charge is 0.278 e. The highest BCUT2D eigenvalue weighted by molar-refractivity contribution is 6.31. The molecule has 2 heterocycles. The number of fused-ring (bicyclic) bond motifs is 1. The van der Waals surface area contributed by atoms with Crippen molar-refractivity contribution < 1.29 is 9.18 Å². The second-order valence-corrected chi connectivity index (χ2v) is 7.38. The average molecular weight is 424 g/mol. The van der Waals surface area contributed by atoms with Crippen LogP contribution >= 0.6 is 11.6 Å². The monoisotopic (exact) mass is 423 g/mol. The van der Waals surface area contributed by atoms with Gasteiger partial charge in [0.2, 0.25) is 0 Å². The Bertz CT molecular complexity index is 1270. The van der Waals surface area contributed by atoms with E-state index in [1.807, 2.05) is 19.9 Å². The highest BCUT2D eigenvalue weighted by Crippen LogP contribution is 2.29. The fourth-order valence-corrected chi connectivity index (χ4v) is 3.46. The molecule has 0 spiro atoms. The predicted octanol–water partition coefficient (Wildman–Crippen LogP) is 5.02. The Morgan fingerprint density at radius 3 is 2.53 bits per heavy atom. The molecule has 1 N–H and O–H groups in total. The van der Waals surface area contributed by atoms with Crippen LogP contribution in [0.2, 0.25) is 5.02 Å². The van der Waals surface area contributed by atoms with Crippen molar-refractivity contribution >= 4 is 28.8 Å². The number of benzene rings is 2. The van der Waals surface area contributed by atoms with Gasteiger partial charge in [-0.15, -0.1) is 10.2 Å². The SMILES string of the molecule is CCc1nn2c(C)c(C(=O)Nc3ccc(C)c(Cl)c3)nnc2c1-c1ccc(F)cc1. The normalized spacial score (nSPS) is 11.1. The van der Waals surface area contributed by atoms with Crippen molar-refractivity contribution in [3.8, 4) is 11.1 Å². The Labute approximate surface area is 177 Å². The number of hydrogen-bond acceptors (Lipinski definition) is 4. The molecule has 0 radical (unpaired) electrons. The van der Waals surface area contributed by atoms with Crippen LogP contribution in [0, 0.1) is 19.7 Å². The van der Waals surface area contributed by atoms with Crippen molar-refractivity contribution in [3.05, 3.63) is 75.9 Å². The van der Waals surface area contributed by atoms with Crippen LogP contribution in [0.25, 0.3) is 16.8 Å². The molecular formula is C22H19ClFN5O. The molecule has 4 aromatic rings. The van der Waals surface area contributed by atoms with Crippen LogP contribution in [-0.4, -0.2) is 25.7 Å². The standard InChI is InChI=1S/C22H19ClFN5O/c1-4-18-19(14-6-8-15(24)9-7-14)21-27-26-20(13(3)29(21)28-18)22(30)25-16-10-5-12(2)17(23)11-16/h5-11H,4H2,1-3H3,(H,25,30). The summed E-state index contributed by atoms with van der Waals surface area (Å²) in [5.41, 5.74) is 5.10. The van der Waals surface area contributed by atoms with E-state index >= 15 is 0 Å². The number of aryl methyl sites for hydroxylation is 3. The number of anilines is 1. The number of halogens is 2. The first-order valence-electron chi connectivity index (χ1n) is 9.47. The summed E-state index contributed by atoms with van der Waals surface area (Å²) < 4.78 is 15.0. The summed E-state index contributed by atoms with van der Waals surface area (Å²) in [4.78, 5) is 12.8. The lowest BCUT2D eigenvalue weighted by Gasteiger charge is -2.09. The average Bonchev–Trinajstić information content (AvgIpc) is 3.11. The van der Waals surface area contributed by atoms with Crippen LogP contribution in [0.15, 0.2) is 42.5 Å². The molecule has 0 aliphatic heterocycles. The molecule has 152 valence electrons. The molecule has 2 aromatic carbocycles. The summed E-state index contributed by atoms with van der Waals surface area (Å²) in [7, 11) is 0. The molecule has 0 aliphatic carbocycles. The van der Waals surface area contributed by atoms with E-state index in [0.717, 1.165) is 22.4 Å². The summed E-state index contributed by atoms with van der Waals surface area (Å²) in [6, 6.07) is 11.5. The highest BCUT2D eigenvalue weighted by Gasteiger charge is 2.21. The minimum Gasteiger partial charge on any atom is -0.320 e. The Morgan fingerprint density at radius 2 is 1.87 bits per heavy atom. The zero-order valence-electron chi connectivity index (χ0n) is 16.7. The third kappa shape index (κ3) is 3.52. The summed E-state index contributed by atoms with van der Waals surface area (Å²) in [6.07, 6.45) is 0.652. The van der Waals surface area contributed by atoms with Gasteiger partial charge in [-0.1, -0.05) is 36.7 Å². The second-order valence-electron chi connectivity index (χ2n) is 6.97. The molecule has 0 saturated carbocycles. The van der Waals surface area contributed by atoms with E-state index < -0.39 is 5.91 Å². The fourth-order valence-electron chi connectivity index (χ4n) is 3.28. The van der Waals surface area contributed by atoms with Gasteiger partial charge in [-0.25, -0.2) is 8.91 Å². The van der Waals surface area contributed by atoms with Crippen molar-refractivity contribution in [3.63, 3.8) is 0 Å². The van der Waals surface area contributed by atoms with Crippen molar-refractivity contribution in [2.75, 3.05) is 5.32 Å². The van der Waals surface area contributed by atoms with E-state index in [9.17, 15) is 9.18 Å². The maximum atomic E-state index is 13.4. The van der Waals surface area contributed by atoms with E-state index in [1.54, 1.807) is 35.7 Å². The van der Waals surface area contributed by atoms with Gasteiger partial charge in [-0.3, -0.25) is 4.79 Å². The lowest BCUT2D eigenvalue weighted by molar-refractivity contribution is 0.102. The van der Waals surface area contributed by atoms with E-state index in [4.69, 9.17) is 11.6 Å². The Hall–Kier alpha value is -3.32. The molecule has 8 heteroatoms. The minimum absolute atomic E-state index is 0.162. The summed E-state index contributed by atoms with van der Waals surface area (Å²) >= 11 is 6.14. The lowest BCUT2D eigenvalue weighted by Crippen LogP contribution is -2.18. The number of rotatable bonds is 4. The first-order valence-corrected chi connectivity index (χ1v) is 9.85. The van der Waals surface area contributed by atoms with Crippen molar-refractivity contribution in [1.82, 2.24) is 19.8 Å². The lowest BCUT2D eigenvalue weighted by atomic mass is 10.0. The number of nitrogens with zero attached hydrogens (tertiary/aromatic N) is 4. The molecular weight excluding hydrogens is 405 g/mol. The molecule has 6 nitrogen and oxygen atoms in total. The maximum Gasteiger partial charge on any atom is 0.278 e. The van der Waals surface area contributed by atoms with Crippen LogP contribution in [0.3, 0.4) is 0 Å².